The van der Waals surface area contributed by atoms with Crippen molar-refractivity contribution in [1.29, 1.82) is 0 Å². The van der Waals surface area contributed by atoms with Crippen molar-refractivity contribution in [3.05, 3.63) is 90.0 Å². The average molecular weight is 523 g/mol. The first-order valence-corrected chi connectivity index (χ1v) is 12.9. The molecule has 1 heterocycles. The van der Waals surface area contributed by atoms with Gasteiger partial charge in [0.15, 0.2) is 0 Å². The third-order valence-electron chi connectivity index (χ3n) is 6.28. The van der Waals surface area contributed by atoms with Crippen molar-refractivity contribution in [2.45, 2.75) is 30.3 Å². The summed E-state index contributed by atoms with van der Waals surface area (Å²) in [5.41, 5.74) is 1.16. The second-order valence-electron chi connectivity index (χ2n) is 8.42. The van der Waals surface area contributed by atoms with Gasteiger partial charge in [-0.2, -0.15) is 4.31 Å². The van der Waals surface area contributed by atoms with Crippen molar-refractivity contribution in [2.75, 3.05) is 19.1 Å². The fourth-order valence-corrected chi connectivity index (χ4v) is 6.11. The van der Waals surface area contributed by atoms with Gasteiger partial charge >= 0.3 is 5.97 Å². The number of esters is 1. The molecule has 4 rings (SSSR count). The van der Waals surface area contributed by atoms with Gasteiger partial charge in [-0.25, -0.2) is 18.1 Å². The molecule has 1 aliphatic rings. The third kappa shape index (κ3) is 4.98. The number of benzene rings is 3. The summed E-state index contributed by atoms with van der Waals surface area (Å²) >= 11 is 0. The van der Waals surface area contributed by atoms with E-state index in [2.05, 4.69) is 4.74 Å². The summed E-state index contributed by atoms with van der Waals surface area (Å²) in [6.45, 7) is 1.68. The number of carbonyl (C=O) groups is 3. The summed E-state index contributed by atoms with van der Waals surface area (Å²) in [6.07, 6.45) is -0.329. The summed E-state index contributed by atoms with van der Waals surface area (Å²) in [7, 11) is -1.50. The van der Waals surface area contributed by atoms with Crippen molar-refractivity contribution in [1.82, 2.24) is 4.31 Å². The Bertz CT molecular complexity index is 1410. The Kier molecular flexibility index (Phi) is 7.42. The molecule has 1 fully saturated rings. The molecule has 3 aromatic rings. The van der Waals surface area contributed by atoms with Gasteiger partial charge in [0.2, 0.25) is 15.9 Å². The van der Waals surface area contributed by atoms with Crippen LogP contribution in [0.1, 0.15) is 35.3 Å². The third-order valence-corrected chi connectivity index (χ3v) is 8.27. The number of carbonyl (C=O) groups excluding carboxylic acids is 3. The molecule has 0 aliphatic carbocycles. The highest BCUT2D eigenvalue weighted by Gasteiger charge is 2.49. The lowest BCUT2D eigenvalue weighted by Gasteiger charge is -2.32. The van der Waals surface area contributed by atoms with Gasteiger partial charge in [-0.05, 0) is 61.0 Å². The lowest BCUT2D eigenvalue weighted by molar-refractivity contribution is -0.122. The summed E-state index contributed by atoms with van der Waals surface area (Å²) in [4.78, 5) is 39.4. The van der Waals surface area contributed by atoms with Gasteiger partial charge in [0.05, 0.1) is 36.8 Å². The Labute approximate surface area is 215 Å². The minimum absolute atomic E-state index is 0.0304. The fraction of sp³-hybridized carbons (Fsp3) is 0.222. The first-order chi connectivity index (χ1) is 17.7. The molecule has 9 nitrogen and oxygen atoms in total. The maximum atomic E-state index is 13.9. The van der Waals surface area contributed by atoms with E-state index in [4.69, 9.17) is 4.74 Å². The molecule has 0 spiro atoms. The second kappa shape index (κ2) is 10.5. The maximum absolute atomic E-state index is 13.9. The molecule has 1 saturated heterocycles. The Balaban J connectivity index is 1.75. The predicted octanol–water partition coefficient (Wildman–Crippen LogP) is 3.57. The van der Waals surface area contributed by atoms with Crippen molar-refractivity contribution in [2.24, 2.45) is 0 Å². The van der Waals surface area contributed by atoms with E-state index in [9.17, 15) is 22.8 Å². The molecule has 0 aromatic heterocycles. The molecule has 2 atom stereocenters. The Morgan fingerprint density at radius 3 is 2.14 bits per heavy atom. The van der Waals surface area contributed by atoms with Crippen molar-refractivity contribution < 1.29 is 32.3 Å². The van der Waals surface area contributed by atoms with Gasteiger partial charge < -0.3 is 9.47 Å². The number of amides is 2. The first kappa shape index (κ1) is 26.1. The highest BCUT2D eigenvalue weighted by Crippen LogP contribution is 2.36. The van der Waals surface area contributed by atoms with Gasteiger partial charge in [0.25, 0.3) is 5.91 Å². The summed E-state index contributed by atoms with van der Waals surface area (Å²) in [6, 6.07) is 18.5. The van der Waals surface area contributed by atoms with Gasteiger partial charge in [0.1, 0.15) is 11.8 Å². The maximum Gasteiger partial charge on any atom is 0.337 e. The molecule has 0 saturated carbocycles. The van der Waals surface area contributed by atoms with Crippen LogP contribution in [0.2, 0.25) is 0 Å². The van der Waals surface area contributed by atoms with Gasteiger partial charge in [-0.15, -0.1) is 0 Å². The number of ether oxygens (including phenoxy) is 2. The highest BCUT2D eigenvalue weighted by atomic mass is 32.2. The van der Waals surface area contributed by atoms with Crippen molar-refractivity contribution in [3.8, 4) is 5.75 Å². The van der Waals surface area contributed by atoms with Crippen LogP contribution in [0, 0.1) is 0 Å². The van der Waals surface area contributed by atoms with E-state index in [0.717, 1.165) is 9.21 Å². The molecule has 2 amide bonds. The van der Waals surface area contributed by atoms with Crippen molar-refractivity contribution >= 4 is 33.5 Å². The van der Waals surface area contributed by atoms with Crippen LogP contribution in [-0.2, 0) is 24.3 Å². The van der Waals surface area contributed by atoms with Crippen LogP contribution in [0.25, 0.3) is 0 Å². The van der Waals surface area contributed by atoms with E-state index >= 15 is 0 Å². The van der Waals surface area contributed by atoms with Crippen molar-refractivity contribution in [3.63, 3.8) is 0 Å². The molecule has 192 valence electrons. The number of hydrogen-bond acceptors (Lipinski definition) is 7. The lowest BCUT2D eigenvalue weighted by Crippen LogP contribution is -2.46. The van der Waals surface area contributed by atoms with Crippen LogP contribution in [0.4, 0.5) is 5.69 Å². The van der Waals surface area contributed by atoms with Crippen LogP contribution in [-0.4, -0.2) is 50.8 Å². The van der Waals surface area contributed by atoms with Crippen LogP contribution in [0.15, 0.2) is 83.8 Å². The molecule has 10 heteroatoms. The van der Waals surface area contributed by atoms with Crippen LogP contribution in [0.5, 0.6) is 5.75 Å². The van der Waals surface area contributed by atoms with E-state index < -0.39 is 39.9 Å². The van der Waals surface area contributed by atoms with E-state index in [1.54, 1.807) is 31.2 Å². The zero-order chi connectivity index (χ0) is 26.7. The molecule has 2 unspecified atom stereocenters. The zero-order valence-corrected chi connectivity index (χ0v) is 21.3. The summed E-state index contributed by atoms with van der Waals surface area (Å²) in [5, 5.41) is 0. The number of anilines is 1. The molecule has 1 aliphatic heterocycles. The lowest BCUT2D eigenvalue weighted by atomic mass is 10.1. The molecule has 37 heavy (non-hydrogen) atoms. The smallest absolute Gasteiger partial charge is 0.337 e. The Morgan fingerprint density at radius 1 is 0.946 bits per heavy atom. The topological polar surface area (TPSA) is 110 Å². The predicted molar refractivity (Wildman–Crippen MR) is 136 cm³/mol. The molecule has 0 bridgehead atoms. The highest BCUT2D eigenvalue weighted by molar-refractivity contribution is 7.89. The molecule has 3 aromatic carbocycles. The minimum atomic E-state index is -4.22. The number of nitrogens with zero attached hydrogens (tertiary/aromatic N) is 2. The van der Waals surface area contributed by atoms with E-state index in [1.807, 2.05) is 6.07 Å². The van der Waals surface area contributed by atoms with Crippen LogP contribution >= 0.6 is 0 Å². The number of sulfonamides is 1. The Hall–Kier alpha value is -4.02. The fourth-order valence-electron chi connectivity index (χ4n) is 4.34. The second-order valence-corrected chi connectivity index (χ2v) is 10.3. The SMILES string of the molecule is COC(=O)c1ccc(N2C(=O)CC(N(C(C)c3ccccc3)S(=O)(=O)c3ccc(OC)cc3)C2=O)cc1. The Morgan fingerprint density at radius 2 is 1.57 bits per heavy atom. The quantitative estimate of drug-likeness (QED) is 0.329. The number of methoxy groups -OCH3 is 2. The molecule has 0 N–H and O–H groups in total. The average Bonchev–Trinajstić information content (AvgIpc) is 3.21. The van der Waals surface area contributed by atoms with E-state index in [-0.39, 0.29) is 22.6 Å². The van der Waals surface area contributed by atoms with Gasteiger partial charge in [-0.1, -0.05) is 30.3 Å². The largest absolute Gasteiger partial charge is 0.497 e. The van der Waals surface area contributed by atoms with E-state index in [0.29, 0.717) is 11.3 Å². The van der Waals surface area contributed by atoms with Gasteiger partial charge in [-0.3, -0.25) is 9.59 Å². The minimum Gasteiger partial charge on any atom is -0.497 e. The standard InChI is InChI=1S/C27H26N2O7S/c1-18(19-7-5-4-6-8-19)29(37(33,34)23-15-13-22(35-2)14-16-23)24-17-25(30)28(26(24)31)21-11-9-20(10-12-21)27(32)36-3/h4-16,18,24H,17H2,1-3H3. The molecular formula is C27H26N2O7S. The summed E-state index contributed by atoms with van der Waals surface area (Å²) in [5.74, 6) is -1.29. The van der Waals surface area contributed by atoms with Crippen LogP contribution in [0.3, 0.4) is 0 Å². The molecular weight excluding hydrogens is 496 g/mol. The van der Waals surface area contributed by atoms with Crippen LogP contribution < -0.4 is 9.64 Å². The first-order valence-electron chi connectivity index (χ1n) is 11.5. The number of hydrogen-bond donors (Lipinski definition) is 0. The number of rotatable bonds is 8. The van der Waals surface area contributed by atoms with E-state index in [1.165, 1.54) is 62.8 Å². The number of imide groups is 1. The monoisotopic (exact) mass is 522 g/mol. The molecule has 0 radical (unpaired) electrons. The normalized spacial score (nSPS) is 16.6. The zero-order valence-electron chi connectivity index (χ0n) is 20.5. The summed E-state index contributed by atoms with van der Waals surface area (Å²) < 4.78 is 38.8. The van der Waals surface area contributed by atoms with Gasteiger partial charge in [0, 0.05) is 6.04 Å².